The molecular weight excluding hydrogens is 254 g/mol. The number of carbonyl (C=O) groups is 1. The molecule has 1 saturated carbocycles. The number of carbonyl (C=O) groups excluding carboxylic acids is 1. The molecule has 0 unspecified atom stereocenters. The third kappa shape index (κ3) is 2.29. The highest BCUT2D eigenvalue weighted by atomic mass is 16.3. The molecule has 1 aliphatic rings. The van der Waals surface area contributed by atoms with Gasteiger partial charge in [0.15, 0.2) is 11.5 Å². The Kier molecular flexibility index (Phi) is 3.22. The summed E-state index contributed by atoms with van der Waals surface area (Å²) in [4.78, 5) is 16.6. The average molecular weight is 273 g/mol. The number of anilines is 1. The number of hydrogen-bond donors (Lipinski definition) is 2. The van der Waals surface area contributed by atoms with E-state index in [0.717, 1.165) is 48.9 Å². The lowest BCUT2D eigenvalue weighted by molar-refractivity contribution is -0.121. The Morgan fingerprint density at radius 3 is 2.90 bits per heavy atom. The number of hydrogen-bond acceptors (Lipinski definition) is 4. The van der Waals surface area contributed by atoms with Gasteiger partial charge in [0.25, 0.3) is 0 Å². The molecule has 1 fully saturated rings. The molecule has 0 aliphatic heterocycles. The van der Waals surface area contributed by atoms with Crippen molar-refractivity contribution < 1.29 is 9.21 Å². The predicted octanol–water partition coefficient (Wildman–Crippen LogP) is 2.60. The monoisotopic (exact) mass is 273 g/mol. The first kappa shape index (κ1) is 13.1. The molecule has 106 valence electrons. The van der Waals surface area contributed by atoms with Gasteiger partial charge in [-0.25, -0.2) is 4.98 Å². The summed E-state index contributed by atoms with van der Waals surface area (Å²) in [5, 5.41) is 2.90. The van der Waals surface area contributed by atoms with Gasteiger partial charge in [-0.1, -0.05) is 19.8 Å². The molecule has 0 atom stereocenters. The predicted molar refractivity (Wildman–Crippen MR) is 77.4 cm³/mol. The van der Waals surface area contributed by atoms with Gasteiger partial charge in [0.05, 0.1) is 5.54 Å². The van der Waals surface area contributed by atoms with E-state index in [0.29, 0.717) is 5.89 Å². The number of oxazole rings is 1. The summed E-state index contributed by atoms with van der Waals surface area (Å²) in [6.07, 6.45) is 4.30. The summed E-state index contributed by atoms with van der Waals surface area (Å²) in [7, 11) is 0. The molecule has 1 aliphatic carbocycles. The van der Waals surface area contributed by atoms with E-state index in [1.54, 1.807) is 0 Å². The summed E-state index contributed by atoms with van der Waals surface area (Å²) >= 11 is 0. The number of nitrogens with two attached hydrogens (primary N) is 1. The minimum absolute atomic E-state index is 0.103. The van der Waals surface area contributed by atoms with Crippen molar-refractivity contribution in [3.63, 3.8) is 0 Å². The number of nitrogens with zero attached hydrogens (tertiary/aromatic N) is 1. The summed E-state index contributed by atoms with van der Waals surface area (Å²) in [5.74, 6) is 0.600. The zero-order chi connectivity index (χ0) is 14.2. The van der Waals surface area contributed by atoms with Gasteiger partial charge in [-0.3, -0.25) is 4.79 Å². The van der Waals surface area contributed by atoms with Crippen LogP contribution in [0.25, 0.3) is 11.1 Å². The molecule has 0 saturated heterocycles. The molecular formula is C15H19N3O2. The van der Waals surface area contributed by atoms with Gasteiger partial charge in [0.2, 0.25) is 5.91 Å². The van der Waals surface area contributed by atoms with Gasteiger partial charge in [-0.15, -0.1) is 0 Å². The van der Waals surface area contributed by atoms with Gasteiger partial charge in [0.1, 0.15) is 5.52 Å². The van der Waals surface area contributed by atoms with Crippen molar-refractivity contribution in [3.05, 3.63) is 24.1 Å². The average Bonchev–Trinajstić information content (AvgIpc) is 3.05. The van der Waals surface area contributed by atoms with E-state index in [1.165, 1.54) is 0 Å². The maximum absolute atomic E-state index is 12.3. The molecule has 20 heavy (non-hydrogen) atoms. The zero-order valence-corrected chi connectivity index (χ0v) is 11.6. The van der Waals surface area contributed by atoms with E-state index in [1.807, 2.05) is 25.1 Å². The quantitative estimate of drug-likeness (QED) is 0.900. The van der Waals surface area contributed by atoms with Crippen LogP contribution >= 0.6 is 0 Å². The molecule has 1 amide bonds. The Balaban J connectivity index is 1.81. The van der Waals surface area contributed by atoms with Crippen LogP contribution in [0.3, 0.4) is 0 Å². The van der Waals surface area contributed by atoms with E-state index >= 15 is 0 Å². The smallest absolute Gasteiger partial charge is 0.244 e. The van der Waals surface area contributed by atoms with Crippen molar-refractivity contribution >= 4 is 22.7 Å². The van der Waals surface area contributed by atoms with Gasteiger partial charge >= 0.3 is 0 Å². The second kappa shape index (κ2) is 4.90. The van der Waals surface area contributed by atoms with E-state index < -0.39 is 5.54 Å². The van der Waals surface area contributed by atoms with Crippen molar-refractivity contribution in [2.45, 2.75) is 44.6 Å². The molecule has 1 heterocycles. The second-order valence-electron chi connectivity index (χ2n) is 5.46. The molecule has 1 aromatic heterocycles. The van der Waals surface area contributed by atoms with E-state index in [4.69, 9.17) is 10.2 Å². The van der Waals surface area contributed by atoms with E-state index in [2.05, 4.69) is 10.3 Å². The normalized spacial score (nSPS) is 17.5. The molecule has 0 radical (unpaired) electrons. The molecule has 3 rings (SSSR count). The first-order valence-electron chi connectivity index (χ1n) is 7.10. The van der Waals surface area contributed by atoms with Crippen molar-refractivity contribution in [3.8, 4) is 0 Å². The van der Waals surface area contributed by atoms with Gasteiger partial charge in [-0.2, -0.15) is 0 Å². The van der Waals surface area contributed by atoms with E-state index in [9.17, 15) is 4.79 Å². The minimum atomic E-state index is -0.715. The summed E-state index contributed by atoms with van der Waals surface area (Å²) < 4.78 is 5.55. The number of nitrogens with one attached hydrogen (secondary N) is 1. The molecule has 2 aromatic rings. The topological polar surface area (TPSA) is 81.2 Å². The highest BCUT2D eigenvalue weighted by Gasteiger charge is 2.36. The van der Waals surface area contributed by atoms with Crippen molar-refractivity contribution in [1.29, 1.82) is 0 Å². The number of aryl methyl sites for hydroxylation is 1. The molecule has 1 aromatic carbocycles. The Hall–Kier alpha value is -1.88. The summed E-state index contributed by atoms with van der Waals surface area (Å²) in [5.41, 5.74) is 7.65. The van der Waals surface area contributed by atoms with Crippen LogP contribution in [0.15, 0.2) is 22.6 Å². The van der Waals surface area contributed by atoms with Crippen LogP contribution < -0.4 is 11.1 Å². The summed E-state index contributed by atoms with van der Waals surface area (Å²) in [6.45, 7) is 1.99. The number of rotatable bonds is 3. The maximum atomic E-state index is 12.3. The Morgan fingerprint density at radius 1 is 1.45 bits per heavy atom. The molecule has 3 N–H and O–H groups in total. The third-order valence-electron chi connectivity index (χ3n) is 3.94. The Bertz CT molecular complexity index is 642. The highest BCUT2D eigenvalue weighted by molar-refractivity contribution is 5.99. The molecule has 5 heteroatoms. The highest BCUT2D eigenvalue weighted by Crippen LogP contribution is 2.29. The van der Waals surface area contributed by atoms with Crippen LogP contribution in [0.4, 0.5) is 5.69 Å². The molecule has 0 spiro atoms. The van der Waals surface area contributed by atoms with Crippen LogP contribution in [0, 0.1) is 0 Å². The number of benzene rings is 1. The zero-order valence-electron chi connectivity index (χ0n) is 11.6. The number of aromatic nitrogens is 1. The molecule has 5 nitrogen and oxygen atoms in total. The first-order valence-corrected chi connectivity index (χ1v) is 7.10. The van der Waals surface area contributed by atoms with Crippen LogP contribution in [-0.2, 0) is 11.2 Å². The maximum Gasteiger partial charge on any atom is 0.244 e. The largest absolute Gasteiger partial charge is 0.441 e. The first-order chi connectivity index (χ1) is 9.60. The fourth-order valence-electron chi connectivity index (χ4n) is 2.69. The Morgan fingerprint density at radius 2 is 2.20 bits per heavy atom. The summed E-state index contributed by atoms with van der Waals surface area (Å²) in [6, 6.07) is 5.48. The lowest BCUT2D eigenvalue weighted by Crippen LogP contribution is -2.48. The van der Waals surface area contributed by atoms with E-state index in [-0.39, 0.29) is 5.91 Å². The lowest BCUT2D eigenvalue weighted by Gasteiger charge is -2.22. The third-order valence-corrected chi connectivity index (χ3v) is 3.94. The second-order valence-corrected chi connectivity index (χ2v) is 5.46. The number of amides is 1. The lowest BCUT2D eigenvalue weighted by atomic mass is 9.98. The van der Waals surface area contributed by atoms with Crippen LogP contribution in [0.5, 0.6) is 0 Å². The fraction of sp³-hybridized carbons (Fsp3) is 0.467. The van der Waals surface area contributed by atoms with Gasteiger partial charge < -0.3 is 15.5 Å². The fourth-order valence-corrected chi connectivity index (χ4v) is 2.69. The minimum Gasteiger partial charge on any atom is -0.441 e. The van der Waals surface area contributed by atoms with Crippen LogP contribution in [0.2, 0.25) is 0 Å². The van der Waals surface area contributed by atoms with Gasteiger partial charge in [-0.05, 0) is 31.0 Å². The van der Waals surface area contributed by atoms with Crippen LogP contribution in [-0.4, -0.2) is 16.4 Å². The van der Waals surface area contributed by atoms with Crippen molar-refractivity contribution in [2.75, 3.05) is 5.32 Å². The van der Waals surface area contributed by atoms with Crippen molar-refractivity contribution in [1.82, 2.24) is 4.98 Å². The Labute approximate surface area is 117 Å². The number of fused-ring (bicyclic) bond motifs is 1. The standard InChI is InChI=1S/C15H19N3O2/c1-2-13-18-11-9-10(5-6-12(11)20-13)17-14(19)15(16)7-3-4-8-15/h5-6,9H,2-4,7-8,16H2,1H3,(H,17,19). The SMILES string of the molecule is CCc1nc2cc(NC(=O)C3(N)CCCC3)ccc2o1. The van der Waals surface area contributed by atoms with Crippen molar-refractivity contribution in [2.24, 2.45) is 5.73 Å². The molecule has 0 bridgehead atoms. The van der Waals surface area contributed by atoms with Gasteiger partial charge in [0, 0.05) is 12.1 Å². The van der Waals surface area contributed by atoms with Crippen LogP contribution in [0.1, 0.15) is 38.5 Å².